The van der Waals surface area contributed by atoms with Crippen LogP contribution in [0.5, 0.6) is 5.75 Å². The molecule has 0 amide bonds. The SMILES string of the molecule is CCOC(=O)C(CC)Oc1cccc(N)c1Br. The Balaban J connectivity index is 2.80. The molecule has 1 rings (SSSR count). The van der Waals surface area contributed by atoms with E-state index < -0.39 is 6.10 Å². The predicted octanol–water partition coefficient (Wildman–Crippen LogP) is 2.75. The van der Waals surface area contributed by atoms with Crippen molar-refractivity contribution in [1.29, 1.82) is 0 Å². The molecule has 0 aromatic heterocycles. The van der Waals surface area contributed by atoms with Crippen LogP contribution in [0.2, 0.25) is 0 Å². The zero-order valence-corrected chi connectivity index (χ0v) is 11.5. The van der Waals surface area contributed by atoms with Gasteiger partial charge in [0.05, 0.1) is 11.1 Å². The molecule has 0 heterocycles. The molecule has 1 aromatic carbocycles. The molecule has 1 atom stereocenters. The van der Waals surface area contributed by atoms with Gasteiger partial charge in [0, 0.05) is 5.69 Å². The second-order valence-electron chi connectivity index (χ2n) is 3.43. The first-order valence-corrected chi connectivity index (χ1v) is 6.26. The molecule has 0 aliphatic rings. The number of nitrogens with two attached hydrogens (primary N) is 1. The van der Waals surface area contributed by atoms with Gasteiger partial charge in [-0.3, -0.25) is 0 Å². The first-order valence-electron chi connectivity index (χ1n) is 5.47. The second kappa shape index (κ2) is 6.49. The third-order valence-corrected chi connectivity index (χ3v) is 3.03. The van der Waals surface area contributed by atoms with Crippen molar-refractivity contribution in [2.24, 2.45) is 0 Å². The molecule has 1 aromatic rings. The minimum absolute atomic E-state index is 0.344. The maximum Gasteiger partial charge on any atom is 0.347 e. The number of benzene rings is 1. The lowest BCUT2D eigenvalue weighted by atomic mass is 10.2. The van der Waals surface area contributed by atoms with E-state index in [0.717, 1.165) is 0 Å². The Labute approximate surface area is 109 Å². The molecular formula is C12H16BrNO3. The van der Waals surface area contributed by atoms with E-state index in [2.05, 4.69) is 15.9 Å². The largest absolute Gasteiger partial charge is 0.477 e. The lowest BCUT2D eigenvalue weighted by molar-refractivity contribution is -0.151. The zero-order valence-electron chi connectivity index (χ0n) is 9.90. The van der Waals surface area contributed by atoms with Gasteiger partial charge in [-0.15, -0.1) is 0 Å². The summed E-state index contributed by atoms with van der Waals surface area (Å²) in [6, 6.07) is 5.28. The molecule has 17 heavy (non-hydrogen) atoms. The molecule has 0 spiro atoms. The highest BCUT2D eigenvalue weighted by atomic mass is 79.9. The molecule has 0 aliphatic carbocycles. The molecule has 0 aliphatic heterocycles. The Morgan fingerprint density at radius 2 is 2.18 bits per heavy atom. The van der Waals surface area contributed by atoms with E-state index in [4.69, 9.17) is 15.2 Å². The third kappa shape index (κ3) is 3.63. The normalized spacial score (nSPS) is 11.9. The van der Waals surface area contributed by atoms with Gasteiger partial charge in [0.15, 0.2) is 6.10 Å². The molecule has 0 saturated heterocycles. The summed E-state index contributed by atoms with van der Waals surface area (Å²) in [5.74, 6) is 0.189. The van der Waals surface area contributed by atoms with E-state index in [-0.39, 0.29) is 5.97 Å². The van der Waals surface area contributed by atoms with Crippen molar-refractivity contribution < 1.29 is 14.3 Å². The first kappa shape index (κ1) is 13.8. The summed E-state index contributed by atoms with van der Waals surface area (Å²) in [6.07, 6.45) is -0.0619. The fraction of sp³-hybridized carbons (Fsp3) is 0.417. The lowest BCUT2D eigenvalue weighted by Crippen LogP contribution is -2.28. The summed E-state index contributed by atoms with van der Waals surface area (Å²) in [4.78, 5) is 11.6. The van der Waals surface area contributed by atoms with Crippen LogP contribution in [0.25, 0.3) is 0 Å². The predicted molar refractivity (Wildman–Crippen MR) is 69.9 cm³/mol. The van der Waals surface area contributed by atoms with Crippen LogP contribution in [-0.2, 0) is 9.53 Å². The molecule has 5 heteroatoms. The maximum atomic E-state index is 11.6. The summed E-state index contributed by atoms with van der Waals surface area (Å²) in [6.45, 7) is 3.97. The highest BCUT2D eigenvalue weighted by molar-refractivity contribution is 9.10. The van der Waals surface area contributed by atoms with Crippen molar-refractivity contribution >= 4 is 27.6 Å². The van der Waals surface area contributed by atoms with Gasteiger partial charge in [-0.2, -0.15) is 0 Å². The number of rotatable bonds is 5. The van der Waals surface area contributed by atoms with Crippen molar-refractivity contribution in [2.45, 2.75) is 26.4 Å². The minimum atomic E-state index is -0.604. The molecular weight excluding hydrogens is 286 g/mol. The van der Waals surface area contributed by atoms with Crippen LogP contribution >= 0.6 is 15.9 Å². The second-order valence-corrected chi connectivity index (χ2v) is 4.22. The Bertz CT molecular complexity index is 395. The number of nitrogen functional groups attached to an aromatic ring is 1. The maximum absolute atomic E-state index is 11.6. The topological polar surface area (TPSA) is 61.5 Å². The number of ether oxygens (including phenoxy) is 2. The summed E-state index contributed by atoms with van der Waals surface area (Å²) in [7, 11) is 0. The number of anilines is 1. The Hall–Kier alpha value is -1.23. The fourth-order valence-electron chi connectivity index (χ4n) is 1.31. The van der Waals surface area contributed by atoms with Crippen LogP contribution in [0.4, 0.5) is 5.69 Å². The van der Waals surface area contributed by atoms with Crippen molar-refractivity contribution in [3.8, 4) is 5.75 Å². The van der Waals surface area contributed by atoms with Gasteiger partial charge in [-0.05, 0) is 41.4 Å². The van der Waals surface area contributed by atoms with Gasteiger partial charge in [0.1, 0.15) is 5.75 Å². The first-order chi connectivity index (χ1) is 8.10. The van der Waals surface area contributed by atoms with Gasteiger partial charge in [0.2, 0.25) is 0 Å². The van der Waals surface area contributed by atoms with Crippen LogP contribution < -0.4 is 10.5 Å². The number of carbonyl (C=O) groups is 1. The van der Waals surface area contributed by atoms with Gasteiger partial charge in [-0.25, -0.2) is 4.79 Å². The number of esters is 1. The summed E-state index contributed by atoms with van der Waals surface area (Å²) in [5.41, 5.74) is 6.30. The van der Waals surface area contributed by atoms with Crippen LogP contribution in [-0.4, -0.2) is 18.7 Å². The van der Waals surface area contributed by atoms with Gasteiger partial charge >= 0.3 is 5.97 Å². The van der Waals surface area contributed by atoms with Crippen LogP contribution in [0, 0.1) is 0 Å². The van der Waals surface area contributed by atoms with E-state index >= 15 is 0 Å². The molecule has 0 saturated carbocycles. The highest BCUT2D eigenvalue weighted by Gasteiger charge is 2.20. The molecule has 0 bridgehead atoms. The van der Waals surface area contributed by atoms with E-state index in [0.29, 0.717) is 28.9 Å². The van der Waals surface area contributed by atoms with Crippen molar-refractivity contribution in [1.82, 2.24) is 0 Å². The Morgan fingerprint density at radius 1 is 1.47 bits per heavy atom. The van der Waals surface area contributed by atoms with Gasteiger partial charge in [0.25, 0.3) is 0 Å². The molecule has 94 valence electrons. The molecule has 1 unspecified atom stereocenters. The monoisotopic (exact) mass is 301 g/mol. The number of hydrogen-bond acceptors (Lipinski definition) is 4. The van der Waals surface area contributed by atoms with E-state index in [1.165, 1.54) is 0 Å². The Kier molecular flexibility index (Phi) is 5.28. The summed E-state index contributed by atoms with van der Waals surface area (Å²) in [5, 5.41) is 0. The van der Waals surface area contributed by atoms with Crippen LogP contribution in [0.3, 0.4) is 0 Å². The van der Waals surface area contributed by atoms with Crippen molar-refractivity contribution in [3.05, 3.63) is 22.7 Å². The standard InChI is InChI=1S/C12H16BrNO3/c1-3-9(12(15)16-4-2)17-10-7-5-6-8(14)11(10)13/h5-7,9H,3-4,14H2,1-2H3. The minimum Gasteiger partial charge on any atom is -0.477 e. The molecule has 0 radical (unpaired) electrons. The smallest absolute Gasteiger partial charge is 0.347 e. The van der Waals surface area contributed by atoms with Gasteiger partial charge < -0.3 is 15.2 Å². The summed E-state index contributed by atoms with van der Waals surface area (Å²) < 4.78 is 11.2. The quantitative estimate of drug-likeness (QED) is 0.671. The number of hydrogen-bond donors (Lipinski definition) is 1. The van der Waals surface area contributed by atoms with E-state index in [1.54, 1.807) is 25.1 Å². The zero-order chi connectivity index (χ0) is 12.8. The van der Waals surface area contributed by atoms with Crippen LogP contribution in [0.15, 0.2) is 22.7 Å². The summed E-state index contributed by atoms with van der Waals surface area (Å²) >= 11 is 3.32. The molecule has 0 fully saturated rings. The average Bonchev–Trinajstić information content (AvgIpc) is 2.31. The van der Waals surface area contributed by atoms with E-state index in [9.17, 15) is 4.79 Å². The van der Waals surface area contributed by atoms with Crippen molar-refractivity contribution in [2.75, 3.05) is 12.3 Å². The molecule has 4 nitrogen and oxygen atoms in total. The fourth-order valence-corrected chi connectivity index (χ4v) is 1.66. The number of carbonyl (C=O) groups excluding carboxylic acids is 1. The van der Waals surface area contributed by atoms with E-state index in [1.807, 2.05) is 6.92 Å². The average molecular weight is 302 g/mol. The number of halogens is 1. The third-order valence-electron chi connectivity index (χ3n) is 2.18. The van der Waals surface area contributed by atoms with Gasteiger partial charge in [-0.1, -0.05) is 13.0 Å². The lowest BCUT2D eigenvalue weighted by Gasteiger charge is -2.17. The van der Waals surface area contributed by atoms with Crippen molar-refractivity contribution in [3.63, 3.8) is 0 Å². The Morgan fingerprint density at radius 3 is 2.76 bits per heavy atom. The molecule has 2 N–H and O–H groups in total. The van der Waals surface area contributed by atoms with Crippen LogP contribution in [0.1, 0.15) is 20.3 Å². The highest BCUT2D eigenvalue weighted by Crippen LogP contribution is 2.31.